The van der Waals surface area contributed by atoms with Crippen molar-refractivity contribution in [3.8, 4) is 0 Å². The fourth-order valence-electron chi connectivity index (χ4n) is 1.85. The van der Waals surface area contributed by atoms with Crippen molar-refractivity contribution in [2.75, 3.05) is 13.3 Å². The van der Waals surface area contributed by atoms with Crippen LogP contribution in [-0.2, 0) is 14.6 Å². The monoisotopic (exact) mass is 299 g/mol. The first-order valence-corrected chi connectivity index (χ1v) is 8.13. The summed E-state index contributed by atoms with van der Waals surface area (Å²) in [6, 6.07) is 6.38. The van der Waals surface area contributed by atoms with Gasteiger partial charge in [0, 0.05) is 12.3 Å². The van der Waals surface area contributed by atoms with Crippen molar-refractivity contribution in [2.24, 2.45) is 0 Å². The fourth-order valence-corrected chi connectivity index (χ4v) is 2.48. The van der Waals surface area contributed by atoms with E-state index in [0.717, 1.165) is 11.8 Å². The first kappa shape index (κ1) is 16.7. The van der Waals surface area contributed by atoms with Crippen LogP contribution >= 0.6 is 0 Å². The molecular weight excluding hydrogens is 278 g/mol. The van der Waals surface area contributed by atoms with Gasteiger partial charge in [-0.3, -0.25) is 9.69 Å². The largest absolute Gasteiger partial charge is 0.480 e. The molecule has 1 rings (SSSR count). The maximum atomic E-state index is 11.4. The molecule has 5 nitrogen and oxygen atoms in total. The summed E-state index contributed by atoms with van der Waals surface area (Å²) in [5.41, 5.74) is -0.135. The van der Waals surface area contributed by atoms with Gasteiger partial charge in [-0.05, 0) is 45.5 Å². The van der Waals surface area contributed by atoms with Gasteiger partial charge in [-0.2, -0.15) is 0 Å². The fraction of sp³-hybridized carbons (Fsp3) is 0.500. The number of sulfone groups is 1. The van der Waals surface area contributed by atoms with E-state index in [1.54, 1.807) is 50.1 Å². The highest BCUT2D eigenvalue weighted by molar-refractivity contribution is 7.90. The number of hydrogen-bond donors (Lipinski definition) is 1. The van der Waals surface area contributed by atoms with Crippen molar-refractivity contribution in [3.63, 3.8) is 0 Å². The normalized spacial score (nSPS) is 14.3. The second-order valence-corrected chi connectivity index (χ2v) is 7.51. The zero-order valence-corrected chi connectivity index (χ0v) is 13.2. The summed E-state index contributed by atoms with van der Waals surface area (Å²) >= 11 is 0. The van der Waals surface area contributed by atoms with Crippen LogP contribution in [-0.4, -0.2) is 43.2 Å². The molecule has 1 atom stereocenters. The van der Waals surface area contributed by atoms with Crippen molar-refractivity contribution in [1.82, 2.24) is 4.90 Å². The van der Waals surface area contributed by atoms with Crippen LogP contribution in [0.2, 0.25) is 0 Å². The first-order chi connectivity index (χ1) is 8.98. The highest BCUT2D eigenvalue weighted by Gasteiger charge is 2.35. The predicted octanol–water partition coefficient (Wildman–Crippen LogP) is 1.95. The third-order valence-corrected chi connectivity index (χ3v) is 4.91. The van der Waals surface area contributed by atoms with Crippen LogP contribution in [0.4, 0.5) is 0 Å². The molecule has 0 aliphatic carbocycles. The average Bonchev–Trinajstić information content (AvgIpc) is 2.35. The Bertz CT molecular complexity index is 590. The van der Waals surface area contributed by atoms with E-state index < -0.39 is 21.3 Å². The number of rotatable bonds is 5. The minimum absolute atomic E-state index is 0.144. The Labute approximate surface area is 120 Å². The van der Waals surface area contributed by atoms with E-state index in [-0.39, 0.29) is 10.9 Å². The predicted molar refractivity (Wildman–Crippen MR) is 77.4 cm³/mol. The molecule has 0 radical (unpaired) electrons. The van der Waals surface area contributed by atoms with Gasteiger partial charge in [-0.25, -0.2) is 8.42 Å². The second kappa shape index (κ2) is 5.54. The van der Waals surface area contributed by atoms with Crippen LogP contribution in [0.25, 0.3) is 0 Å². The van der Waals surface area contributed by atoms with Crippen molar-refractivity contribution in [2.45, 2.75) is 37.2 Å². The lowest BCUT2D eigenvalue weighted by molar-refractivity contribution is -0.149. The summed E-state index contributed by atoms with van der Waals surface area (Å²) in [4.78, 5) is 13.3. The minimum Gasteiger partial charge on any atom is -0.480 e. The molecular formula is C14H21NO4S. The number of carboxylic acid groups (broad SMARTS) is 1. The van der Waals surface area contributed by atoms with E-state index in [0.29, 0.717) is 0 Å². The Morgan fingerprint density at radius 2 is 1.70 bits per heavy atom. The Kier molecular flexibility index (Phi) is 4.61. The van der Waals surface area contributed by atoms with Crippen LogP contribution in [0.15, 0.2) is 29.2 Å². The number of nitrogens with zero attached hydrogens (tertiary/aromatic N) is 1. The molecule has 6 heteroatoms. The number of likely N-dealkylation sites (N-methyl/N-ethyl adjacent to an activating group) is 1. The van der Waals surface area contributed by atoms with Gasteiger partial charge in [-0.15, -0.1) is 0 Å². The number of carbonyl (C=O) groups is 1. The highest BCUT2D eigenvalue weighted by Crippen LogP contribution is 2.27. The quantitative estimate of drug-likeness (QED) is 0.899. The summed E-state index contributed by atoms with van der Waals surface area (Å²) in [5, 5.41) is 9.24. The van der Waals surface area contributed by atoms with E-state index >= 15 is 0 Å². The summed E-state index contributed by atoms with van der Waals surface area (Å²) in [7, 11) is -1.48. The molecule has 0 aliphatic heterocycles. The highest BCUT2D eigenvalue weighted by atomic mass is 32.2. The van der Waals surface area contributed by atoms with E-state index in [1.165, 1.54) is 0 Å². The van der Waals surface area contributed by atoms with Crippen LogP contribution in [0, 0.1) is 0 Å². The minimum atomic E-state index is -3.22. The Morgan fingerprint density at radius 3 is 2.05 bits per heavy atom. The molecule has 0 fully saturated rings. The standard InChI is InChI=1S/C14H21NO4S/c1-10(15(4)14(2,3)13(16)17)11-6-8-12(9-7-11)20(5,18)19/h6-10H,1-5H3,(H,16,17). The van der Waals surface area contributed by atoms with Gasteiger partial charge >= 0.3 is 5.97 Å². The molecule has 1 aromatic rings. The topological polar surface area (TPSA) is 74.7 Å². The molecule has 0 bridgehead atoms. The van der Waals surface area contributed by atoms with Crippen molar-refractivity contribution < 1.29 is 18.3 Å². The lowest BCUT2D eigenvalue weighted by atomic mass is 9.98. The van der Waals surface area contributed by atoms with Crippen molar-refractivity contribution in [1.29, 1.82) is 0 Å². The van der Waals surface area contributed by atoms with E-state index in [4.69, 9.17) is 0 Å². The lowest BCUT2D eigenvalue weighted by Gasteiger charge is -2.36. The number of carboxylic acids is 1. The summed E-state index contributed by atoms with van der Waals surface area (Å²) in [6.45, 7) is 5.16. The van der Waals surface area contributed by atoms with E-state index in [2.05, 4.69) is 0 Å². The molecule has 20 heavy (non-hydrogen) atoms. The summed E-state index contributed by atoms with van der Waals surface area (Å²) < 4.78 is 22.8. The molecule has 0 aliphatic rings. The Hall–Kier alpha value is -1.40. The van der Waals surface area contributed by atoms with E-state index in [9.17, 15) is 18.3 Å². The van der Waals surface area contributed by atoms with Crippen LogP contribution in [0.1, 0.15) is 32.4 Å². The molecule has 0 heterocycles. The second-order valence-electron chi connectivity index (χ2n) is 5.49. The van der Waals surface area contributed by atoms with E-state index in [1.807, 2.05) is 6.92 Å². The maximum absolute atomic E-state index is 11.4. The van der Waals surface area contributed by atoms with Crippen molar-refractivity contribution >= 4 is 15.8 Å². The third-order valence-electron chi connectivity index (χ3n) is 3.78. The summed E-state index contributed by atoms with van der Waals surface area (Å²) in [6.07, 6.45) is 1.16. The van der Waals surface area contributed by atoms with Crippen LogP contribution in [0.5, 0.6) is 0 Å². The molecule has 1 aromatic carbocycles. The van der Waals surface area contributed by atoms with Crippen LogP contribution < -0.4 is 0 Å². The number of aliphatic carboxylic acids is 1. The SMILES string of the molecule is CC(c1ccc(S(C)(=O)=O)cc1)N(C)C(C)(C)C(=O)O. The van der Waals surface area contributed by atoms with Crippen molar-refractivity contribution in [3.05, 3.63) is 29.8 Å². The number of hydrogen-bond acceptors (Lipinski definition) is 4. The van der Waals surface area contributed by atoms with Gasteiger partial charge in [0.15, 0.2) is 9.84 Å². The maximum Gasteiger partial charge on any atom is 0.323 e. The van der Waals surface area contributed by atoms with Gasteiger partial charge in [0.05, 0.1) is 4.90 Å². The molecule has 1 unspecified atom stereocenters. The molecule has 0 spiro atoms. The smallest absolute Gasteiger partial charge is 0.323 e. The van der Waals surface area contributed by atoms with Gasteiger partial charge < -0.3 is 5.11 Å². The summed E-state index contributed by atoms with van der Waals surface area (Å²) in [5.74, 6) is -0.903. The first-order valence-electron chi connectivity index (χ1n) is 6.24. The molecule has 0 aromatic heterocycles. The molecule has 0 saturated carbocycles. The van der Waals surface area contributed by atoms with Gasteiger partial charge in [0.2, 0.25) is 0 Å². The lowest BCUT2D eigenvalue weighted by Crippen LogP contribution is -2.48. The molecule has 0 amide bonds. The Balaban J connectivity index is 3.05. The average molecular weight is 299 g/mol. The molecule has 112 valence electrons. The number of benzene rings is 1. The third kappa shape index (κ3) is 3.37. The molecule has 0 saturated heterocycles. The van der Waals surface area contributed by atoms with Gasteiger partial charge in [-0.1, -0.05) is 12.1 Å². The van der Waals surface area contributed by atoms with Crippen LogP contribution in [0.3, 0.4) is 0 Å². The zero-order valence-electron chi connectivity index (χ0n) is 12.4. The van der Waals surface area contributed by atoms with Gasteiger partial charge in [0.25, 0.3) is 0 Å². The zero-order chi connectivity index (χ0) is 15.7. The molecule has 1 N–H and O–H groups in total. The van der Waals surface area contributed by atoms with Gasteiger partial charge in [0.1, 0.15) is 5.54 Å². The Morgan fingerprint density at radius 1 is 1.25 bits per heavy atom.